The lowest BCUT2D eigenvalue weighted by molar-refractivity contribution is 0.352. The molecule has 0 saturated heterocycles. The van der Waals surface area contributed by atoms with Crippen LogP contribution in [0.15, 0.2) is 41.1 Å². The quantitative estimate of drug-likeness (QED) is 0.592. The van der Waals surface area contributed by atoms with Gasteiger partial charge in [-0.1, -0.05) is 0 Å². The Balaban J connectivity index is 1.87. The first-order valence-corrected chi connectivity index (χ1v) is 8.56. The van der Waals surface area contributed by atoms with Gasteiger partial charge in [0.1, 0.15) is 0 Å². The number of hydrogen-bond acceptors (Lipinski definition) is 6. The molecule has 0 spiro atoms. The number of aromatic amines is 1. The molecule has 130 valence electrons. The first kappa shape index (κ1) is 17.4. The number of nitrogens with one attached hydrogen (secondary N) is 2. The molecular weight excluding hydrogens is 406 g/mol. The van der Waals surface area contributed by atoms with Gasteiger partial charge in [-0.15, -0.1) is 0 Å². The zero-order valence-corrected chi connectivity index (χ0v) is 16.0. The minimum atomic E-state index is 0.478. The minimum Gasteiger partial charge on any atom is -0.493 e. The minimum absolute atomic E-state index is 0.478. The van der Waals surface area contributed by atoms with Crippen molar-refractivity contribution < 1.29 is 9.47 Å². The van der Waals surface area contributed by atoms with Crippen molar-refractivity contribution in [2.45, 2.75) is 6.54 Å². The van der Waals surface area contributed by atoms with Crippen molar-refractivity contribution in [3.8, 4) is 22.9 Å². The molecule has 0 atom stereocenters. The van der Waals surface area contributed by atoms with Gasteiger partial charge in [-0.05, 0) is 58.0 Å². The van der Waals surface area contributed by atoms with Crippen molar-refractivity contribution in [1.29, 1.82) is 0 Å². The van der Waals surface area contributed by atoms with Crippen LogP contribution >= 0.6 is 28.1 Å². The van der Waals surface area contributed by atoms with E-state index in [4.69, 9.17) is 21.7 Å². The Labute approximate surface area is 158 Å². The molecule has 25 heavy (non-hydrogen) atoms. The maximum Gasteiger partial charge on any atom is 0.214 e. The third-order valence-corrected chi connectivity index (χ3v) is 4.41. The summed E-state index contributed by atoms with van der Waals surface area (Å²) in [5.74, 6) is 1.99. The number of pyridine rings is 1. The number of benzene rings is 1. The fourth-order valence-electron chi connectivity index (χ4n) is 2.38. The van der Waals surface area contributed by atoms with Crippen LogP contribution in [0.3, 0.4) is 0 Å². The first-order chi connectivity index (χ1) is 12.1. The second-order valence-electron chi connectivity index (χ2n) is 5.07. The molecule has 2 aromatic heterocycles. The average molecular weight is 422 g/mol. The molecule has 0 aliphatic carbocycles. The van der Waals surface area contributed by atoms with Crippen molar-refractivity contribution in [3.63, 3.8) is 0 Å². The lowest BCUT2D eigenvalue weighted by Gasteiger charge is -2.14. The molecule has 3 rings (SSSR count). The second kappa shape index (κ2) is 7.66. The number of rotatable bonds is 6. The van der Waals surface area contributed by atoms with Crippen LogP contribution in [0.2, 0.25) is 0 Å². The zero-order valence-electron chi connectivity index (χ0n) is 13.6. The third-order valence-electron chi connectivity index (χ3n) is 3.55. The molecule has 2 N–H and O–H groups in total. The second-order valence-corrected chi connectivity index (χ2v) is 6.31. The van der Waals surface area contributed by atoms with Crippen molar-refractivity contribution >= 4 is 28.1 Å². The molecule has 0 saturated carbocycles. The summed E-state index contributed by atoms with van der Waals surface area (Å²) in [4.78, 5) is 4.02. The average Bonchev–Trinajstić information content (AvgIpc) is 3.00. The predicted molar refractivity (Wildman–Crippen MR) is 101 cm³/mol. The molecule has 0 aliphatic heterocycles. The lowest BCUT2D eigenvalue weighted by Crippen LogP contribution is -2.16. The van der Waals surface area contributed by atoms with Gasteiger partial charge >= 0.3 is 0 Å². The highest BCUT2D eigenvalue weighted by molar-refractivity contribution is 9.10. The highest BCUT2D eigenvalue weighted by Crippen LogP contribution is 2.36. The van der Waals surface area contributed by atoms with Crippen LogP contribution in [0, 0.1) is 4.77 Å². The highest BCUT2D eigenvalue weighted by atomic mass is 79.9. The van der Waals surface area contributed by atoms with E-state index in [1.807, 2.05) is 24.3 Å². The van der Waals surface area contributed by atoms with Crippen LogP contribution in [-0.4, -0.2) is 34.1 Å². The molecule has 0 unspecified atom stereocenters. The Bertz CT molecular complexity index is 926. The van der Waals surface area contributed by atoms with Crippen molar-refractivity contribution in [2.24, 2.45) is 0 Å². The summed E-state index contributed by atoms with van der Waals surface area (Å²) < 4.78 is 13.7. The van der Waals surface area contributed by atoms with Gasteiger partial charge in [0.15, 0.2) is 17.3 Å². The number of hydrogen-bond donors (Lipinski definition) is 2. The molecule has 0 fully saturated rings. The largest absolute Gasteiger partial charge is 0.493 e. The summed E-state index contributed by atoms with van der Waals surface area (Å²) >= 11 is 8.81. The van der Waals surface area contributed by atoms with E-state index in [0.717, 1.165) is 15.6 Å². The van der Waals surface area contributed by atoms with Crippen LogP contribution in [0.1, 0.15) is 5.56 Å². The van der Waals surface area contributed by atoms with Crippen LogP contribution < -0.4 is 14.9 Å². The van der Waals surface area contributed by atoms with Gasteiger partial charge in [-0.25, -0.2) is 9.77 Å². The Morgan fingerprint density at radius 1 is 1.24 bits per heavy atom. The first-order valence-electron chi connectivity index (χ1n) is 7.36. The Morgan fingerprint density at radius 3 is 2.68 bits per heavy atom. The zero-order chi connectivity index (χ0) is 17.8. The molecule has 0 radical (unpaired) electrons. The van der Waals surface area contributed by atoms with E-state index in [-0.39, 0.29) is 0 Å². The fraction of sp³-hybridized carbons (Fsp3) is 0.188. The SMILES string of the molecule is COc1cc(CNn2c(-c3ccncc3)n[nH]c2=S)cc(Br)c1OC. The van der Waals surface area contributed by atoms with Gasteiger partial charge in [0.2, 0.25) is 4.77 Å². The monoisotopic (exact) mass is 421 g/mol. The van der Waals surface area contributed by atoms with Crippen LogP contribution in [0.4, 0.5) is 0 Å². The van der Waals surface area contributed by atoms with Gasteiger partial charge in [0.05, 0.1) is 25.2 Å². The van der Waals surface area contributed by atoms with Crippen LogP contribution in [0.25, 0.3) is 11.4 Å². The molecular formula is C16H16BrN5O2S. The van der Waals surface area contributed by atoms with E-state index >= 15 is 0 Å². The van der Waals surface area contributed by atoms with Gasteiger partial charge in [-0.2, -0.15) is 5.10 Å². The summed E-state index contributed by atoms with van der Waals surface area (Å²) in [5.41, 5.74) is 5.17. The number of methoxy groups -OCH3 is 2. The number of ether oxygens (including phenoxy) is 2. The summed E-state index contributed by atoms with van der Waals surface area (Å²) in [6.45, 7) is 0.519. The number of H-pyrrole nitrogens is 1. The molecule has 2 heterocycles. The number of nitrogens with zero attached hydrogens (tertiary/aromatic N) is 3. The maximum atomic E-state index is 5.38. The van der Waals surface area contributed by atoms with E-state index in [2.05, 4.69) is 36.5 Å². The van der Waals surface area contributed by atoms with Crippen LogP contribution in [0.5, 0.6) is 11.5 Å². The van der Waals surface area contributed by atoms with E-state index in [0.29, 0.717) is 28.6 Å². The molecule has 7 nitrogen and oxygen atoms in total. The van der Waals surface area contributed by atoms with Gasteiger partial charge in [0, 0.05) is 18.0 Å². The molecule has 1 aromatic carbocycles. The normalized spacial score (nSPS) is 10.5. The lowest BCUT2D eigenvalue weighted by atomic mass is 10.2. The fourth-order valence-corrected chi connectivity index (χ4v) is 3.23. The smallest absolute Gasteiger partial charge is 0.214 e. The standard InChI is InChI=1S/C16H16BrN5O2S/c1-23-13-8-10(7-12(17)14(13)24-2)9-19-22-15(20-21-16(22)25)11-3-5-18-6-4-11/h3-8,19H,9H2,1-2H3,(H,21,25). The summed E-state index contributed by atoms with van der Waals surface area (Å²) in [7, 11) is 3.21. The van der Waals surface area contributed by atoms with Crippen LogP contribution in [-0.2, 0) is 6.54 Å². The topological polar surface area (TPSA) is 77.0 Å². The maximum absolute atomic E-state index is 5.38. The van der Waals surface area contributed by atoms with Gasteiger partial charge in [-0.3, -0.25) is 4.98 Å². The Kier molecular flexibility index (Phi) is 5.34. The summed E-state index contributed by atoms with van der Waals surface area (Å²) in [5, 5.41) is 7.08. The summed E-state index contributed by atoms with van der Waals surface area (Å²) in [6.07, 6.45) is 3.42. The van der Waals surface area contributed by atoms with Crippen molar-refractivity contribution in [1.82, 2.24) is 19.9 Å². The molecule has 9 heteroatoms. The highest BCUT2D eigenvalue weighted by Gasteiger charge is 2.12. The predicted octanol–water partition coefficient (Wildman–Crippen LogP) is 3.53. The molecule has 0 bridgehead atoms. The number of aromatic nitrogens is 4. The summed E-state index contributed by atoms with van der Waals surface area (Å²) in [6, 6.07) is 7.61. The molecule has 0 amide bonds. The number of halogens is 1. The van der Waals surface area contributed by atoms with E-state index in [1.165, 1.54) is 0 Å². The van der Waals surface area contributed by atoms with Gasteiger partial charge < -0.3 is 14.9 Å². The van der Waals surface area contributed by atoms with E-state index in [9.17, 15) is 0 Å². The Hall–Kier alpha value is -2.39. The molecule has 3 aromatic rings. The van der Waals surface area contributed by atoms with Crippen molar-refractivity contribution in [3.05, 3.63) is 51.5 Å². The van der Waals surface area contributed by atoms with Gasteiger partial charge in [0.25, 0.3) is 0 Å². The van der Waals surface area contributed by atoms with E-state index < -0.39 is 0 Å². The van der Waals surface area contributed by atoms with E-state index in [1.54, 1.807) is 31.3 Å². The molecule has 0 aliphatic rings. The third kappa shape index (κ3) is 3.67. The Morgan fingerprint density at radius 2 is 2.00 bits per heavy atom. The van der Waals surface area contributed by atoms with Crippen molar-refractivity contribution in [2.75, 3.05) is 19.6 Å².